The Labute approximate surface area is 113 Å². The molecule has 0 spiro atoms. The summed E-state index contributed by atoms with van der Waals surface area (Å²) in [5.41, 5.74) is 0.901. The number of fused-ring (bicyclic) bond motifs is 2. The lowest BCUT2D eigenvalue weighted by Crippen LogP contribution is -2.31. The number of hydrogen-bond donors (Lipinski definition) is 1. The van der Waals surface area contributed by atoms with E-state index in [0.29, 0.717) is 5.92 Å². The molecule has 1 N–H and O–H groups in total. The van der Waals surface area contributed by atoms with Gasteiger partial charge in [0.2, 0.25) is 0 Å². The highest BCUT2D eigenvalue weighted by Crippen LogP contribution is 2.52. The molecular weight excluding hydrogens is 244 g/mol. The predicted octanol–water partition coefficient (Wildman–Crippen LogP) is 4.05. The van der Waals surface area contributed by atoms with Crippen LogP contribution >= 0.6 is 0 Å². The minimum atomic E-state index is -0.757. The van der Waals surface area contributed by atoms with E-state index in [9.17, 15) is 8.78 Å². The molecule has 2 bridgehead atoms. The number of nitrogens with one attached hydrogen (secondary N) is 1. The smallest absolute Gasteiger partial charge is 0.159 e. The van der Waals surface area contributed by atoms with Crippen molar-refractivity contribution in [3.8, 4) is 0 Å². The maximum Gasteiger partial charge on any atom is 0.159 e. The second-order valence-corrected chi connectivity index (χ2v) is 6.05. The summed E-state index contributed by atoms with van der Waals surface area (Å²) in [4.78, 5) is 0. The molecule has 3 heteroatoms. The first kappa shape index (κ1) is 13.0. The first-order chi connectivity index (χ1) is 9.19. The molecule has 2 fully saturated rings. The van der Waals surface area contributed by atoms with E-state index in [1.165, 1.54) is 37.8 Å². The Balaban J connectivity index is 1.85. The fourth-order valence-electron chi connectivity index (χ4n) is 4.14. The van der Waals surface area contributed by atoms with Crippen LogP contribution in [0.25, 0.3) is 0 Å². The van der Waals surface area contributed by atoms with Crippen LogP contribution in [0.1, 0.15) is 44.2 Å². The molecule has 1 nitrogen and oxygen atoms in total. The van der Waals surface area contributed by atoms with Crippen molar-refractivity contribution in [2.75, 3.05) is 6.54 Å². The summed E-state index contributed by atoms with van der Waals surface area (Å²) in [6.07, 6.45) is 5.23. The Morgan fingerprint density at radius 2 is 2.05 bits per heavy atom. The Kier molecular flexibility index (Phi) is 3.57. The van der Waals surface area contributed by atoms with E-state index in [1.54, 1.807) is 6.07 Å². The average Bonchev–Trinajstić information content (AvgIpc) is 3.02. The van der Waals surface area contributed by atoms with Crippen molar-refractivity contribution in [1.82, 2.24) is 5.32 Å². The maximum absolute atomic E-state index is 13.5. The van der Waals surface area contributed by atoms with Crippen molar-refractivity contribution in [3.63, 3.8) is 0 Å². The SMILES string of the molecule is CCNC(c1ccc(F)c(F)c1)C1CC2CCC1C2. The summed E-state index contributed by atoms with van der Waals surface area (Å²) in [5.74, 6) is 0.725. The molecule has 0 saturated heterocycles. The molecule has 1 aromatic rings. The van der Waals surface area contributed by atoms with Gasteiger partial charge in [0.05, 0.1) is 0 Å². The van der Waals surface area contributed by atoms with E-state index < -0.39 is 11.6 Å². The summed E-state index contributed by atoms with van der Waals surface area (Å²) >= 11 is 0. The molecule has 4 atom stereocenters. The minimum Gasteiger partial charge on any atom is -0.310 e. The van der Waals surface area contributed by atoms with Gasteiger partial charge in [-0.3, -0.25) is 0 Å². The topological polar surface area (TPSA) is 12.0 Å². The normalized spacial score (nSPS) is 30.8. The van der Waals surface area contributed by atoms with Gasteiger partial charge in [0.1, 0.15) is 0 Å². The number of halogens is 2. The lowest BCUT2D eigenvalue weighted by molar-refractivity contribution is 0.252. The first-order valence-corrected chi connectivity index (χ1v) is 7.37. The highest BCUT2D eigenvalue weighted by Gasteiger charge is 2.43. The molecule has 1 aromatic carbocycles. The molecule has 2 saturated carbocycles. The third-order valence-electron chi connectivity index (χ3n) is 4.95. The Morgan fingerprint density at radius 3 is 2.63 bits per heavy atom. The summed E-state index contributed by atoms with van der Waals surface area (Å²) in [5, 5.41) is 3.48. The summed E-state index contributed by atoms with van der Waals surface area (Å²) in [7, 11) is 0. The van der Waals surface area contributed by atoms with Crippen LogP contribution in [-0.4, -0.2) is 6.54 Å². The lowest BCUT2D eigenvalue weighted by atomic mass is 9.80. The fourth-order valence-corrected chi connectivity index (χ4v) is 4.14. The zero-order valence-electron chi connectivity index (χ0n) is 11.3. The molecular formula is C16H21F2N. The van der Waals surface area contributed by atoms with Gasteiger partial charge in [-0.2, -0.15) is 0 Å². The van der Waals surface area contributed by atoms with E-state index in [1.807, 2.05) is 0 Å². The fraction of sp³-hybridized carbons (Fsp3) is 0.625. The van der Waals surface area contributed by atoms with Gasteiger partial charge in [0.15, 0.2) is 11.6 Å². The second kappa shape index (κ2) is 5.20. The zero-order chi connectivity index (χ0) is 13.4. The highest BCUT2D eigenvalue weighted by molar-refractivity contribution is 5.23. The molecule has 0 heterocycles. The van der Waals surface area contributed by atoms with Crippen molar-refractivity contribution < 1.29 is 8.78 Å². The van der Waals surface area contributed by atoms with Gasteiger partial charge >= 0.3 is 0 Å². The largest absolute Gasteiger partial charge is 0.310 e. The van der Waals surface area contributed by atoms with Crippen molar-refractivity contribution >= 4 is 0 Å². The van der Waals surface area contributed by atoms with Crippen molar-refractivity contribution in [2.24, 2.45) is 17.8 Å². The van der Waals surface area contributed by atoms with Gasteiger partial charge in [-0.05, 0) is 61.3 Å². The van der Waals surface area contributed by atoms with Crippen molar-refractivity contribution in [3.05, 3.63) is 35.4 Å². The Morgan fingerprint density at radius 1 is 1.21 bits per heavy atom. The van der Waals surface area contributed by atoms with Crippen LogP contribution in [0.2, 0.25) is 0 Å². The van der Waals surface area contributed by atoms with E-state index in [2.05, 4.69) is 12.2 Å². The van der Waals surface area contributed by atoms with Gasteiger partial charge < -0.3 is 5.32 Å². The molecule has 0 amide bonds. The molecule has 0 aromatic heterocycles. The predicted molar refractivity (Wildman–Crippen MR) is 71.7 cm³/mol. The third kappa shape index (κ3) is 2.40. The molecule has 3 rings (SSSR count). The van der Waals surface area contributed by atoms with Crippen LogP contribution in [0.3, 0.4) is 0 Å². The van der Waals surface area contributed by atoms with E-state index >= 15 is 0 Å². The standard InChI is InChI=1S/C16H21F2N/c1-2-19-16(12-5-6-14(17)15(18)9-12)13-8-10-3-4-11(13)7-10/h5-6,9-11,13,16,19H,2-4,7-8H2,1H3. The van der Waals surface area contributed by atoms with Crippen LogP contribution in [0.15, 0.2) is 18.2 Å². The minimum absolute atomic E-state index is 0.176. The van der Waals surface area contributed by atoms with Gasteiger partial charge in [-0.15, -0.1) is 0 Å². The van der Waals surface area contributed by atoms with Gasteiger partial charge in [0.25, 0.3) is 0 Å². The van der Waals surface area contributed by atoms with Gasteiger partial charge in [0, 0.05) is 6.04 Å². The summed E-state index contributed by atoms with van der Waals surface area (Å²) in [6.45, 7) is 2.93. The highest BCUT2D eigenvalue weighted by atomic mass is 19.2. The number of benzene rings is 1. The van der Waals surface area contributed by atoms with Crippen LogP contribution < -0.4 is 5.32 Å². The van der Waals surface area contributed by atoms with Crippen LogP contribution in [0, 0.1) is 29.4 Å². The molecule has 19 heavy (non-hydrogen) atoms. The number of hydrogen-bond acceptors (Lipinski definition) is 1. The monoisotopic (exact) mass is 265 g/mol. The van der Waals surface area contributed by atoms with Gasteiger partial charge in [-0.1, -0.05) is 19.4 Å². The summed E-state index contributed by atoms with van der Waals surface area (Å²) < 4.78 is 26.5. The molecule has 104 valence electrons. The molecule has 0 aliphatic heterocycles. The lowest BCUT2D eigenvalue weighted by Gasteiger charge is -2.31. The van der Waals surface area contributed by atoms with E-state index in [0.717, 1.165) is 23.9 Å². The zero-order valence-corrected chi connectivity index (χ0v) is 11.3. The first-order valence-electron chi connectivity index (χ1n) is 7.37. The summed E-state index contributed by atoms with van der Waals surface area (Å²) in [6, 6.07) is 4.53. The Hall–Kier alpha value is -0.960. The molecule has 2 aliphatic carbocycles. The third-order valence-corrected chi connectivity index (χ3v) is 4.95. The van der Waals surface area contributed by atoms with Crippen LogP contribution in [0.4, 0.5) is 8.78 Å². The van der Waals surface area contributed by atoms with Gasteiger partial charge in [-0.25, -0.2) is 8.78 Å². The quantitative estimate of drug-likeness (QED) is 0.866. The van der Waals surface area contributed by atoms with Crippen LogP contribution in [-0.2, 0) is 0 Å². The maximum atomic E-state index is 13.5. The molecule has 2 aliphatic rings. The van der Waals surface area contributed by atoms with Crippen molar-refractivity contribution in [1.29, 1.82) is 0 Å². The van der Waals surface area contributed by atoms with Crippen LogP contribution in [0.5, 0.6) is 0 Å². The molecule has 0 radical (unpaired) electrons. The average molecular weight is 265 g/mol. The molecule has 4 unspecified atom stereocenters. The van der Waals surface area contributed by atoms with E-state index in [4.69, 9.17) is 0 Å². The second-order valence-electron chi connectivity index (χ2n) is 6.05. The van der Waals surface area contributed by atoms with Crippen molar-refractivity contribution in [2.45, 2.75) is 38.6 Å². The number of rotatable bonds is 4. The van der Waals surface area contributed by atoms with E-state index in [-0.39, 0.29) is 6.04 Å². The Bertz CT molecular complexity index is 460.